The highest BCUT2D eigenvalue weighted by atomic mass is 35.5. The van der Waals surface area contributed by atoms with Crippen molar-refractivity contribution < 1.29 is 0 Å². The third kappa shape index (κ3) is 3.37. The van der Waals surface area contributed by atoms with Crippen LogP contribution in [0.2, 0.25) is 5.15 Å². The van der Waals surface area contributed by atoms with Gasteiger partial charge in [0.2, 0.25) is 0 Å². The molecule has 1 N–H and O–H groups in total. The number of rotatable bonds is 4. The highest BCUT2D eigenvalue weighted by Crippen LogP contribution is 2.33. The van der Waals surface area contributed by atoms with E-state index < -0.39 is 0 Å². The molecule has 0 saturated heterocycles. The Labute approximate surface area is 150 Å². The molecule has 3 heterocycles. The molecular formula is C18H19ClN4S. The third-order valence-corrected chi connectivity index (χ3v) is 5.63. The van der Waals surface area contributed by atoms with Crippen LogP contribution in [0.4, 0.5) is 5.82 Å². The fourth-order valence-electron chi connectivity index (χ4n) is 3.29. The van der Waals surface area contributed by atoms with Crippen molar-refractivity contribution in [2.75, 3.05) is 5.32 Å². The van der Waals surface area contributed by atoms with E-state index in [1.807, 2.05) is 6.07 Å². The van der Waals surface area contributed by atoms with Gasteiger partial charge in [0.25, 0.3) is 0 Å². The molecule has 1 aliphatic rings. The Bertz CT molecular complexity index is 828. The molecule has 0 aromatic carbocycles. The van der Waals surface area contributed by atoms with Gasteiger partial charge < -0.3 is 5.32 Å². The largest absolute Gasteiger partial charge is 0.365 e. The molecule has 4 rings (SSSR count). The highest BCUT2D eigenvalue weighted by Gasteiger charge is 2.20. The Balaban J connectivity index is 1.71. The minimum Gasteiger partial charge on any atom is -0.365 e. The summed E-state index contributed by atoms with van der Waals surface area (Å²) in [5.41, 5.74) is 0.864. The summed E-state index contributed by atoms with van der Waals surface area (Å²) >= 11 is 7.83. The minimum absolute atomic E-state index is 0.459. The molecule has 1 saturated carbocycles. The Morgan fingerprint density at radius 2 is 2.08 bits per heavy atom. The van der Waals surface area contributed by atoms with E-state index in [1.165, 1.54) is 37.0 Å². The van der Waals surface area contributed by atoms with Crippen molar-refractivity contribution in [3.63, 3.8) is 0 Å². The number of fused-ring (bicyclic) bond motifs is 1. The predicted molar refractivity (Wildman–Crippen MR) is 99.8 cm³/mol. The number of halogens is 1. The van der Waals surface area contributed by atoms with Crippen LogP contribution in [-0.4, -0.2) is 15.0 Å². The number of pyridine rings is 1. The van der Waals surface area contributed by atoms with Crippen molar-refractivity contribution in [1.29, 1.82) is 0 Å². The van der Waals surface area contributed by atoms with Gasteiger partial charge in [0, 0.05) is 16.2 Å². The molecule has 0 atom stereocenters. The van der Waals surface area contributed by atoms with E-state index in [4.69, 9.17) is 21.6 Å². The van der Waals surface area contributed by atoms with Gasteiger partial charge in [0.05, 0.1) is 18.3 Å². The predicted octanol–water partition coefficient (Wildman–Crippen LogP) is 5.40. The second kappa shape index (κ2) is 7.03. The van der Waals surface area contributed by atoms with Gasteiger partial charge >= 0.3 is 0 Å². The lowest BCUT2D eigenvalue weighted by Crippen LogP contribution is -2.11. The second-order valence-electron chi connectivity index (χ2n) is 6.22. The van der Waals surface area contributed by atoms with Crippen molar-refractivity contribution in [1.82, 2.24) is 15.0 Å². The molecule has 0 radical (unpaired) electrons. The number of nitrogens with one attached hydrogen (secondary N) is 1. The first-order valence-corrected chi connectivity index (χ1v) is 9.65. The zero-order valence-electron chi connectivity index (χ0n) is 13.3. The first-order chi connectivity index (χ1) is 11.8. The van der Waals surface area contributed by atoms with E-state index in [0.29, 0.717) is 11.1 Å². The number of aromatic nitrogens is 3. The van der Waals surface area contributed by atoms with Crippen molar-refractivity contribution in [3.05, 3.63) is 45.6 Å². The molecular weight excluding hydrogens is 340 g/mol. The van der Waals surface area contributed by atoms with E-state index in [1.54, 1.807) is 17.5 Å². The van der Waals surface area contributed by atoms with Crippen LogP contribution in [-0.2, 0) is 6.54 Å². The van der Waals surface area contributed by atoms with Crippen molar-refractivity contribution >= 4 is 39.7 Å². The first-order valence-electron chi connectivity index (χ1n) is 8.39. The number of hydrogen-bond donors (Lipinski definition) is 1. The Hall–Kier alpha value is -1.72. The average molecular weight is 359 g/mol. The van der Waals surface area contributed by atoms with Crippen LogP contribution < -0.4 is 5.32 Å². The van der Waals surface area contributed by atoms with Gasteiger partial charge in [-0.15, -0.1) is 11.3 Å². The summed E-state index contributed by atoms with van der Waals surface area (Å²) in [6, 6.07) is 6.03. The van der Waals surface area contributed by atoms with Crippen LogP contribution in [0.5, 0.6) is 0 Å². The van der Waals surface area contributed by atoms with Crippen LogP contribution in [0.15, 0.2) is 29.8 Å². The summed E-state index contributed by atoms with van der Waals surface area (Å²) in [4.78, 5) is 15.1. The maximum atomic E-state index is 6.09. The summed E-state index contributed by atoms with van der Waals surface area (Å²) in [6.45, 7) is 0.758. The summed E-state index contributed by atoms with van der Waals surface area (Å²) in [5, 5.41) is 6.96. The van der Waals surface area contributed by atoms with E-state index in [-0.39, 0.29) is 0 Å². The first kappa shape index (κ1) is 15.8. The summed E-state index contributed by atoms with van der Waals surface area (Å²) in [5.74, 6) is 2.26. The molecule has 3 aromatic heterocycles. The lowest BCUT2D eigenvalue weighted by molar-refractivity contribution is 0.430. The molecule has 0 bridgehead atoms. The minimum atomic E-state index is 0.459. The topological polar surface area (TPSA) is 50.7 Å². The normalized spacial score (nSPS) is 15.7. The lowest BCUT2D eigenvalue weighted by Gasteiger charge is -2.21. The Morgan fingerprint density at radius 1 is 1.21 bits per heavy atom. The van der Waals surface area contributed by atoms with Gasteiger partial charge in [0.15, 0.2) is 0 Å². The number of hydrogen-bond acceptors (Lipinski definition) is 5. The molecule has 6 heteroatoms. The molecule has 1 fully saturated rings. The summed E-state index contributed by atoms with van der Waals surface area (Å²) in [6.07, 6.45) is 7.96. The van der Waals surface area contributed by atoms with Gasteiger partial charge in [-0.2, -0.15) is 0 Å². The molecule has 3 aromatic rings. The monoisotopic (exact) mass is 358 g/mol. The van der Waals surface area contributed by atoms with Crippen LogP contribution in [0, 0.1) is 0 Å². The van der Waals surface area contributed by atoms with Crippen molar-refractivity contribution in [3.8, 4) is 0 Å². The number of nitrogens with zero attached hydrogens (tertiary/aromatic N) is 3. The molecule has 0 amide bonds. The fraction of sp³-hybridized carbons (Fsp3) is 0.389. The van der Waals surface area contributed by atoms with Gasteiger partial charge in [0.1, 0.15) is 16.8 Å². The van der Waals surface area contributed by atoms with Crippen LogP contribution in [0.1, 0.15) is 48.7 Å². The molecule has 1 aliphatic carbocycles. The zero-order chi connectivity index (χ0) is 16.4. The number of anilines is 1. The molecule has 124 valence electrons. The van der Waals surface area contributed by atoms with E-state index >= 15 is 0 Å². The molecule has 24 heavy (non-hydrogen) atoms. The standard InChI is InChI=1S/C18H19ClN4S/c19-16-9-14-15(11-20-16)22-17(12-5-2-1-3-6-12)23-18(14)21-10-13-7-4-8-24-13/h4,7-9,11-12H,1-3,5-6,10H2,(H,21,22,23). The summed E-state index contributed by atoms with van der Waals surface area (Å²) < 4.78 is 0. The quantitative estimate of drug-likeness (QED) is 0.634. The molecule has 0 unspecified atom stereocenters. The smallest absolute Gasteiger partial charge is 0.138 e. The summed E-state index contributed by atoms with van der Waals surface area (Å²) in [7, 11) is 0. The van der Waals surface area contributed by atoms with Crippen molar-refractivity contribution in [2.45, 2.75) is 44.6 Å². The zero-order valence-corrected chi connectivity index (χ0v) is 14.9. The van der Waals surface area contributed by atoms with E-state index in [0.717, 1.165) is 29.1 Å². The van der Waals surface area contributed by atoms with Gasteiger partial charge in [-0.3, -0.25) is 0 Å². The molecule has 0 aliphatic heterocycles. The van der Waals surface area contributed by atoms with Crippen LogP contribution in [0.25, 0.3) is 10.9 Å². The van der Waals surface area contributed by atoms with E-state index in [2.05, 4.69) is 27.8 Å². The Kier molecular flexibility index (Phi) is 4.63. The lowest BCUT2D eigenvalue weighted by atomic mass is 9.88. The molecule has 4 nitrogen and oxygen atoms in total. The van der Waals surface area contributed by atoms with Gasteiger partial charge in [-0.05, 0) is 30.4 Å². The van der Waals surface area contributed by atoms with Crippen LogP contribution in [0.3, 0.4) is 0 Å². The molecule has 0 spiro atoms. The second-order valence-corrected chi connectivity index (χ2v) is 7.64. The number of thiophene rings is 1. The maximum Gasteiger partial charge on any atom is 0.138 e. The van der Waals surface area contributed by atoms with E-state index in [9.17, 15) is 0 Å². The highest BCUT2D eigenvalue weighted by molar-refractivity contribution is 7.09. The van der Waals surface area contributed by atoms with Crippen molar-refractivity contribution in [2.24, 2.45) is 0 Å². The SMILES string of the molecule is Clc1cc2c(NCc3cccs3)nc(C3CCCCC3)nc2cn1. The maximum absolute atomic E-state index is 6.09. The third-order valence-electron chi connectivity index (χ3n) is 4.55. The fourth-order valence-corrected chi connectivity index (χ4v) is 4.09. The Morgan fingerprint density at radius 3 is 2.88 bits per heavy atom. The van der Waals surface area contributed by atoms with Gasteiger partial charge in [-0.1, -0.05) is 36.9 Å². The van der Waals surface area contributed by atoms with Gasteiger partial charge in [-0.25, -0.2) is 15.0 Å². The average Bonchev–Trinajstić information content (AvgIpc) is 3.14. The van der Waals surface area contributed by atoms with Crippen LogP contribution >= 0.6 is 22.9 Å².